The van der Waals surface area contributed by atoms with Gasteiger partial charge in [-0.1, -0.05) is 12.1 Å². The molecule has 2 atom stereocenters. The van der Waals surface area contributed by atoms with Gasteiger partial charge < -0.3 is 19.5 Å². The molecule has 1 aromatic rings. The average molecular weight is 369 g/mol. The third kappa shape index (κ3) is 6.15. The van der Waals surface area contributed by atoms with Crippen LogP contribution in [0.3, 0.4) is 0 Å². The lowest BCUT2D eigenvalue weighted by atomic mass is 9.95. The minimum atomic E-state index is -1.44. The summed E-state index contributed by atoms with van der Waals surface area (Å²) < 4.78 is 26.6. The number of benzene rings is 1. The molecule has 8 nitrogen and oxygen atoms in total. The van der Waals surface area contributed by atoms with E-state index < -0.39 is 48.0 Å². The summed E-state index contributed by atoms with van der Waals surface area (Å²) in [6.07, 6.45) is -0.653. The predicted molar refractivity (Wildman–Crippen MR) is 86.2 cm³/mol. The van der Waals surface area contributed by atoms with Crippen molar-refractivity contribution in [3.63, 3.8) is 0 Å². The summed E-state index contributed by atoms with van der Waals surface area (Å²) in [5.41, 5.74) is 0.495. The van der Waals surface area contributed by atoms with Gasteiger partial charge in [0.25, 0.3) is 0 Å². The first kappa shape index (κ1) is 21.1. The van der Waals surface area contributed by atoms with Crippen molar-refractivity contribution >= 4 is 23.8 Å². The second-order valence-electron chi connectivity index (χ2n) is 5.28. The minimum absolute atomic E-state index is 0.167. The first-order chi connectivity index (χ1) is 12.3. The quantitative estimate of drug-likeness (QED) is 0.521. The van der Waals surface area contributed by atoms with Gasteiger partial charge in [-0.2, -0.15) is 0 Å². The zero-order chi connectivity index (χ0) is 19.7. The highest BCUT2D eigenvalue weighted by molar-refractivity contribution is 5.91. The van der Waals surface area contributed by atoms with Crippen molar-refractivity contribution in [2.75, 3.05) is 21.3 Å². The average Bonchev–Trinajstić information content (AvgIpc) is 2.64. The van der Waals surface area contributed by atoms with Gasteiger partial charge in [0.1, 0.15) is 11.9 Å². The topological polar surface area (TPSA) is 108 Å². The molecular formula is C17H20FNO7. The molecule has 0 aromatic heterocycles. The number of esters is 3. The van der Waals surface area contributed by atoms with E-state index in [2.05, 4.69) is 19.5 Å². The molecule has 0 fully saturated rings. The largest absolute Gasteiger partial charge is 0.469 e. The van der Waals surface area contributed by atoms with Crippen LogP contribution in [-0.2, 0) is 39.8 Å². The summed E-state index contributed by atoms with van der Waals surface area (Å²) in [6, 6.07) is 3.76. The summed E-state index contributed by atoms with van der Waals surface area (Å²) in [5, 5.41) is 2.36. The van der Waals surface area contributed by atoms with Crippen LogP contribution in [0.4, 0.5) is 4.39 Å². The Morgan fingerprint density at radius 2 is 1.54 bits per heavy atom. The van der Waals surface area contributed by atoms with Crippen molar-refractivity contribution in [3.05, 3.63) is 35.6 Å². The van der Waals surface area contributed by atoms with Gasteiger partial charge in [0.15, 0.2) is 0 Å². The number of hydrogen-bond acceptors (Lipinski definition) is 7. The van der Waals surface area contributed by atoms with E-state index in [-0.39, 0.29) is 6.42 Å². The maximum atomic E-state index is 12.9. The van der Waals surface area contributed by atoms with Crippen LogP contribution in [0.15, 0.2) is 24.3 Å². The zero-order valence-corrected chi connectivity index (χ0v) is 14.6. The summed E-state index contributed by atoms with van der Waals surface area (Å²) in [6.45, 7) is 0. The Bertz CT molecular complexity index is 660. The van der Waals surface area contributed by atoms with E-state index in [1.54, 1.807) is 0 Å². The Hall–Kier alpha value is -2.97. The fraction of sp³-hybridized carbons (Fsp3) is 0.412. The molecular weight excluding hydrogens is 349 g/mol. The van der Waals surface area contributed by atoms with Crippen molar-refractivity contribution in [1.82, 2.24) is 5.32 Å². The summed E-state index contributed by atoms with van der Waals surface area (Å²) in [4.78, 5) is 47.8. The maximum absolute atomic E-state index is 12.9. The number of carbonyl (C=O) groups excluding carboxylic acids is 4. The highest BCUT2D eigenvalue weighted by atomic mass is 19.1. The molecule has 0 saturated heterocycles. The van der Waals surface area contributed by atoms with Crippen molar-refractivity contribution in [2.24, 2.45) is 5.92 Å². The maximum Gasteiger partial charge on any atom is 0.329 e. The van der Waals surface area contributed by atoms with Gasteiger partial charge >= 0.3 is 17.9 Å². The molecule has 0 aliphatic heterocycles. The van der Waals surface area contributed by atoms with Gasteiger partial charge in [0.05, 0.1) is 40.1 Å². The fourth-order valence-electron chi connectivity index (χ4n) is 2.21. The molecule has 0 heterocycles. The number of nitrogens with one attached hydrogen (secondary N) is 1. The second kappa shape index (κ2) is 10.1. The molecule has 0 aliphatic carbocycles. The van der Waals surface area contributed by atoms with Crippen molar-refractivity contribution in [3.8, 4) is 0 Å². The lowest BCUT2D eigenvalue weighted by Gasteiger charge is -2.23. The summed E-state index contributed by atoms with van der Waals surface area (Å²) >= 11 is 0. The van der Waals surface area contributed by atoms with Gasteiger partial charge in [-0.3, -0.25) is 14.4 Å². The highest BCUT2D eigenvalue weighted by Gasteiger charge is 2.38. The van der Waals surface area contributed by atoms with Crippen LogP contribution in [0, 0.1) is 11.7 Å². The van der Waals surface area contributed by atoms with Crippen LogP contribution in [0.1, 0.15) is 12.0 Å². The fourth-order valence-corrected chi connectivity index (χ4v) is 2.21. The molecule has 9 heteroatoms. The zero-order valence-electron chi connectivity index (χ0n) is 14.6. The van der Waals surface area contributed by atoms with E-state index in [1.807, 2.05) is 0 Å². The third-order valence-electron chi connectivity index (χ3n) is 3.57. The summed E-state index contributed by atoms with van der Waals surface area (Å²) in [5.74, 6) is -4.96. The standard InChI is InChI=1S/C17H20FNO7/c1-24-14(21)9-12(16(22)25-2)15(17(23)26-3)19-13(20)8-10-4-6-11(18)7-5-10/h4-7,12,15H,8-9H2,1-3H3,(H,19,20)/t12-,15+/m1/s1. The van der Waals surface area contributed by atoms with Crippen LogP contribution in [-0.4, -0.2) is 51.2 Å². The van der Waals surface area contributed by atoms with E-state index >= 15 is 0 Å². The Morgan fingerprint density at radius 3 is 2.04 bits per heavy atom. The van der Waals surface area contributed by atoms with E-state index in [1.165, 1.54) is 24.3 Å². The number of methoxy groups -OCH3 is 3. The molecule has 1 aromatic carbocycles. The Morgan fingerprint density at radius 1 is 0.962 bits per heavy atom. The predicted octanol–water partition coefficient (Wildman–Crippen LogP) is 0.378. The smallest absolute Gasteiger partial charge is 0.329 e. The number of ether oxygens (including phenoxy) is 3. The van der Waals surface area contributed by atoms with Gasteiger partial charge in [0, 0.05) is 0 Å². The first-order valence-electron chi connectivity index (χ1n) is 7.58. The van der Waals surface area contributed by atoms with Gasteiger partial charge in [0.2, 0.25) is 5.91 Å². The molecule has 1 rings (SSSR count). The second-order valence-corrected chi connectivity index (χ2v) is 5.28. The lowest BCUT2D eigenvalue weighted by Crippen LogP contribution is -2.50. The minimum Gasteiger partial charge on any atom is -0.469 e. The van der Waals surface area contributed by atoms with E-state index in [4.69, 9.17) is 0 Å². The third-order valence-corrected chi connectivity index (χ3v) is 3.57. The van der Waals surface area contributed by atoms with Crippen molar-refractivity contribution in [1.29, 1.82) is 0 Å². The van der Waals surface area contributed by atoms with Gasteiger partial charge in [-0.05, 0) is 17.7 Å². The monoisotopic (exact) mass is 369 g/mol. The molecule has 0 radical (unpaired) electrons. The number of rotatable bonds is 8. The number of hydrogen-bond donors (Lipinski definition) is 1. The molecule has 0 unspecified atom stereocenters. The molecule has 142 valence electrons. The SMILES string of the molecule is COC(=O)C[C@@H](C(=O)OC)[C@H](NC(=O)Cc1ccc(F)cc1)C(=O)OC. The molecule has 0 saturated carbocycles. The normalized spacial score (nSPS) is 12.5. The lowest BCUT2D eigenvalue weighted by molar-refractivity contribution is -0.159. The molecule has 0 bridgehead atoms. The van der Waals surface area contributed by atoms with Crippen molar-refractivity contribution < 1.29 is 37.8 Å². The molecule has 0 spiro atoms. The Balaban J connectivity index is 2.96. The van der Waals surface area contributed by atoms with Gasteiger partial charge in [-0.25, -0.2) is 9.18 Å². The van der Waals surface area contributed by atoms with Crippen LogP contribution < -0.4 is 5.32 Å². The molecule has 0 aliphatic rings. The number of halogens is 1. The molecule has 1 amide bonds. The molecule has 1 N–H and O–H groups in total. The Kier molecular flexibility index (Phi) is 8.20. The van der Waals surface area contributed by atoms with E-state index in [9.17, 15) is 23.6 Å². The van der Waals surface area contributed by atoms with Crippen LogP contribution >= 0.6 is 0 Å². The number of carbonyl (C=O) groups is 4. The number of amides is 1. The van der Waals surface area contributed by atoms with Crippen molar-refractivity contribution in [2.45, 2.75) is 18.9 Å². The van der Waals surface area contributed by atoms with Crippen LogP contribution in [0.2, 0.25) is 0 Å². The van der Waals surface area contributed by atoms with Gasteiger partial charge in [-0.15, -0.1) is 0 Å². The summed E-state index contributed by atoms with van der Waals surface area (Å²) in [7, 11) is 3.28. The highest BCUT2D eigenvalue weighted by Crippen LogP contribution is 2.15. The van der Waals surface area contributed by atoms with E-state index in [0.29, 0.717) is 5.56 Å². The van der Waals surface area contributed by atoms with Crippen LogP contribution in [0.5, 0.6) is 0 Å². The first-order valence-corrected chi connectivity index (χ1v) is 7.58. The van der Waals surface area contributed by atoms with E-state index in [0.717, 1.165) is 21.3 Å². The van der Waals surface area contributed by atoms with Crippen LogP contribution in [0.25, 0.3) is 0 Å². The Labute approximate surface area is 149 Å². The molecule has 26 heavy (non-hydrogen) atoms.